The van der Waals surface area contributed by atoms with Gasteiger partial charge in [0.2, 0.25) is 0 Å². The fourth-order valence-corrected chi connectivity index (χ4v) is 3.75. The highest BCUT2D eigenvalue weighted by Crippen LogP contribution is 2.23. The van der Waals surface area contributed by atoms with E-state index in [-0.39, 0.29) is 4.90 Å². The number of benzene rings is 2. The molecule has 0 spiro atoms. The Hall–Kier alpha value is -1.85. The van der Waals surface area contributed by atoms with Crippen LogP contribution < -0.4 is 10.5 Å². The maximum Gasteiger partial charge on any atom is 0.262 e. The molecule has 2 aromatic rings. The molecule has 0 aromatic heterocycles. The molecule has 2 rings (SSSR count). The van der Waals surface area contributed by atoms with E-state index in [1.807, 2.05) is 38.1 Å². The molecule has 0 aliphatic rings. The van der Waals surface area contributed by atoms with Gasteiger partial charge in [0, 0.05) is 12.2 Å². The van der Waals surface area contributed by atoms with Crippen molar-refractivity contribution in [2.24, 2.45) is 5.73 Å². The highest BCUT2D eigenvalue weighted by Gasteiger charge is 2.18. The number of rotatable bonds is 4. The second kappa shape index (κ2) is 5.87. The summed E-state index contributed by atoms with van der Waals surface area (Å²) in [4.78, 5) is 0.268. The number of anilines is 1. The first-order chi connectivity index (χ1) is 9.83. The molecule has 0 radical (unpaired) electrons. The fraction of sp³-hybridized carbons (Fsp3) is 0.250. The highest BCUT2D eigenvalue weighted by atomic mass is 32.2. The van der Waals surface area contributed by atoms with Crippen molar-refractivity contribution in [1.29, 1.82) is 0 Å². The summed E-state index contributed by atoms with van der Waals surface area (Å²) in [5.74, 6) is 0. The van der Waals surface area contributed by atoms with Crippen molar-refractivity contribution in [3.8, 4) is 0 Å². The van der Waals surface area contributed by atoms with Gasteiger partial charge in [-0.1, -0.05) is 18.2 Å². The van der Waals surface area contributed by atoms with E-state index in [0.29, 0.717) is 17.8 Å². The lowest BCUT2D eigenvalue weighted by atomic mass is 10.1. The third-order valence-corrected chi connectivity index (χ3v) is 4.91. The zero-order valence-corrected chi connectivity index (χ0v) is 13.3. The molecular weight excluding hydrogens is 284 g/mol. The van der Waals surface area contributed by atoms with Crippen LogP contribution in [-0.2, 0) is 16.6 Å². The lowest BCUT2D eigenvalue weighted by Crippen LogP contribution is -2.15. The third kappa shape index (κ3) is 3.43. The number of nitrogens with one attached hydrogen (secondary N) is 1. The second-order valence-electron chi connectivity index (χ2n) is 5.23. The minimum atomic E-state index is -3.62. The van der Waals surface area contributed by atoms with Crippen molar-refractivity contribution in [3.05, 3.63) is 58.7 Å². The van der Waals surface area contributed by atoms with E-state index in [4.69, 9.17) is 5.73 Å². The summed E-state index contributed by atoms with van der Waals surface area (Å²) in [6, 6.07) is 10.8. The van der Waals surface area contributed by atoms with Crippen LogP contribution in [-0.4, -0.2) is 8.42 Å². The van der Waals surface area contributed by atoms with Crippen LogP contribution in [0.3, 0.4) is 0 Å². The quantitative estimate of drug-likeness (QED) is 0.912. The van der Waals surface area contributed by atoms with E-state index in [2.05, 4.69) is 4.72 Å². The van der Waals surface area contributed by atoms with Crippen LogP contribution in [0, 0.1) is 20.8 Å². The lowest BCUT2D eigenvalue weighted by Gasteiger charge is -2.13. The van der Waals surface area contributed by atoms with Gasteiger partial charge in [0.1, 0.15) is 0 Å². The Labute approximate surface area is 126 Å². The highest BCUT2D eigenvalue weighted by molar-refractivity contribution is 7.92. The minimum Gasteiger partial charge on any atom is -0.326 e. The summed E-state index contributed by atoms with van der Waals surface area (Å²) in [5.41, 5.74) is 9.77. The van der Waals surface area contributed by atoms with Gasteiger partial charge in [-0.25, -0.2) is 8.42 Å². The van der Waals surface area contributed by atoms with Crippen LogP contribution in [0.1, 0.15) is 22.3 Å². The molecule has 0 saturated carbocycles. The zero-order valence-electron chi connectivity index (χ0n) is 12.5. The van der Waals surface area contributed by atoms with E-state index in [1.54, 1.807) is 19.1 Å². The SMILES string of the molecule is Cc1cc(C)cc(NS(=O)(=O)c2cccc(CN)c2C)c1. The Morgan fingerprint density at radius 1 is 1.05 bits per heavy atom. The molecule has 4 nitrogen and oxygen atoms in total. The number of nitrogens with two attached hydrogens (primary N) is 1. The van der Waals surface area contributed by atoms with E-state index in [1.165, 1.54) is 0 Å². The molecule has 2 aromatic carbocycles. The summed E-state index contributed by atoms with van der Waals surface area (Å²) >= 11 is 0. The van der Waals surface area contributed by atoms with Gasteiger partial charge in [-0.2, -0.15) is 0 Å². The van der Waals surface area contributed by atoms with Crippen molar-refractivity contribution < 1.29 is 8.42 Å². The smallest absolute Gasteiger partial charge is 0.262 e. The Morgan fingerprint density at radius 3 is 2.24 bits per heavy atom. The van der Waals surface area contributed by atoms with E-state index in [9.17, 15) is 8.42 Å². The van der Waals surface area contributed by atoms with Gasteiger partial charge in [-0.15, -0.1) is 0 Å². The van der Waals surface area contributed by atoms with E-state index in [0.717, 1.165) is 16.7 Å². The maximum atomic E-state index is 12.6. The Bertz CT molecular complexity index is 748. The van der Waals surface area contributed by atoms with E-state index < -0.39 is 10.0 Å². The van der Waals surface area contributed by atoms with Crippen LogP contribution in [0.15, 0.2) is 41.3 Å². The summed E-state index contributed by atoms with van der Waals surface area (Å²) in [6.07, 6.45) is 0. The first-order valence-corrected chi connectivity index (χ1v) is 8.21. The fourth-order valence-electron chi connectivity index (χ4n) is 2.42. The Balaban J connectivity index is 2.43. The molecule has 112 valence electrons. The zero-order chi connectivity index (χ0) is 15.6. The molecule has 0 amide bonds. The van der Waals surface area contributed by atoms with E-state index >= 15 is 0 Å². The first-order valence-electron chi connectivity index (χ1n) is 6.73. The van der Waals surface area contributed by atoms with Crippen LogP contribution in [0.5, 0.6) is 0 Å². The van der Waals surface area contributed by atoms with Gasteiger partial charge < -0.3 is 5.73 Å². The molecule has 21 heavy (non-hydrogen) atoms. The molecular formula is C16H20N2O2S. The summed E-state index contributed by atoms with van der Waals surface area (Å²) in [6.45, 7) is 5.97. The normalized spacial score (nSPS) is 11.4. The summed E-state index contributed by atoms with van der Waals surface area (Å²) < 4.78 is 27.8. The Morgan fingerprint density at radius 2 is 1.67 bits per heavy atom. The number of hydrogen-bond donors (Lipinski definition) is 2. The van der Waals surface area contributed by atoms with Crippen molar-refractivity contribution in [1.82, 2.24) is 0 Å². The molecule has 0 saturated heterocycles. The predicted molar refractivity (Wildman–Crippen MR) is 85.8 cm³/mol. The first kappa shape index (κ1) is 15.5. The monoisotopic (exact) mass is 304 g/mol. The predicted octanol–water partition coefficient (Wildman–Crippen LogP) is 2.87. The molecule has 5 heteroatoms. The largest absolute Gasteiger partial charge is 0.326 e. The second-order valence-corrected chi connectivity index (χ2v) is 6.88. The number of sulfonamides is 1. The standard InChI is InChI=1S/C16H20N2O2S/c1-11-7-12(2)9-15(8-11)18-21(19,20)16-6-4-5-14(10-17)13(16)3/h4-9,18H,10,17H2,1-3H3. The van der Waals surface area contributed by atoms with Crippen LogP contribution in [0.4, 0.5) is 5.69 Å². The third-order valence-electron chi connectivity index (χ3n) is 3.38. The van der Waals surface area contributed by atoms with Gasteiger partial charge in [0.05, 0.1) is 4.90 Å². The van der Waals surface area contributed by atoms with Gasteiger partial charge in [0.15, 0.2) is 0 Å². The molecule has 0 fully saturated rings. The molecule has 0 unspecified atom stereocenters. The average Bonchev–Trinajstić information content (AvgIpc) is 2.36. The molecule has 0 bridgehead atoms. The minimum absolute atomic E-state index is 0.268. The molecule has 0 aliphatic heterocycles. The van der Waals surface area contributed by atoms with Gasteiger partial charge in [-0.05, 0) is 61.2 Å². The van der Waals surface area contributed by atoms with Crippen LogP contribution >= 0.6 is 0 Å². The molecule has 0 atom stereocenters. The Kier molecular flexibility index (Phi) is 4.34. The average molecular weight is 304 g/mol. The van der Waals surface area contributed by atoms with Crippen molar-refractivity contribution in [3.63, 3.8) is 0 Å². The maximum absolute atomic E-state index is 12.6. The van der Waals surface area contributed by atoms with Crippen molar-refractivity contribution in [2.45, 2.75) is 32.2 Å². The van der Waals surface area contributed by atoms with Gasteiger partial charge in [-0.3, -0.25) is 4.72 Å². The number of hydrogen-bond acceptors (Lipinski definition) is 3. The van der Waals surface area contributed by atoms with Crippen molar-refractivity contribution in [2.75, 3.05) is 4.72 Å². The van der Waals surface area contributed by atoms with Crippen LogP contribution in [0.2, 0.25) is 0 Å². The topological polar surface area (TPSA) is 72.2 Å². The molecule has 0 heterocycles. The molecule has 3 N–H and O–H groups in total. The summed E-state index contributed by atoms with van der Waals surface area (Å²) in [7, 11) is -3.62. The summed E-state index contributed by atoms with van der Waals surface area (Å²) in [5, 5.41) is 0. The number of aryl methyl sites for hydroxylation is 2. The molecule has 0 aliphatic carbocycles. The van der Waals surface area contributed by atoms with Gasteiger partial charge in [0.25, 0.3) is 10.0 Å². The van der Waals surface area contributed by atoms with Gasteiger partial charge >= 0.3 is 0 Å². The van der Waals surface area contributed by atoms with Crippen molar-refractivity contribution >= 4 is 15.7 Å². The van der Waals surface area contributed by atoms with Crippen LogP contribution in [0.25, 0.3) is 0 Å². The lowest BCUT2D eigenvalue weighted by molar-refractivity contribution is 0.600.